The number of halogens is 1. The van der Waals surface area contributed by atoms with E-state index < -0.39 is 10.0 Å². The first kappa shape index (κ1) is 16.6. The Kier molecular flexibility index (Phi) is 4.66. The van der Waals surface area contributed by atoms with Crippen LogP contribution in [-0.2, 0) is 10.0 Å². The van der Waals surface area contributed by atoms with Gasteiger partial charge in [-0.25, -0.2) is 22.8 Å². The van der Waals surface area contributed by atoms with E-state index in [2.05, 4.69) is 14.8 Å². The third-order valence-corrected chi connectivity index (χ3v) is 5.34. The summed E-state index contributed by atoms with van der Waals surface area (Å²) in [5.41, 5.74) is 1.69. The Bertz CT molecular complexity index is 908. The van der Waals surface area contributed by atoms with Crippen molar-refractivity contribution < 1.29 is 8.42 Å². The molecule has 1 atom stereocenters. The van der Waals surface area contributed by atoms with Gasteiger partial charge < -0.3 is 0 Å². The maximum Gasteiger partial charge on any atom is 0.241 e. The second-order valence-corrected chi connectivity index (χ2v) is 7.38. The molecule has 0 aliphatic heterocycles. The molecule has 0 amide bonds. The zero-order chi connectivity index (χ0) is 17.2. The van der Waals surface area contributed by atoms with E-state index in [1.807, 2.05) is 24.3 Å². The molecule has 3 rings (SSSR count). The zero-order valence-corrected chi connectivity index (χ0v) is 14.4. The van der Waals surface area contributed by atoms with Gasteiger partial charge in [-0.1, -0.05) is 23.7 Å². The minimum Gasteiger partial charge on any atom is -0.223 e. The second-order valence-electron chi connectivity index (χ2n) is 5.23. The number of sulfonamides is 1. The molecule has 0 saturated carbocycles. The summed E-state index contributed by atoms with van der Waals surface area (Å²) in [6, 6.07) is 13.1. The quantitative estimate of drug-likeness (QED) is 0.757. The molecule has 24 heavy (non-hydrogen) atoms. The number of hydrogen-bond acceptors (Lipinski definition) is 4. The van der Waals surface area contributed by atoms with Crippen LogP contribution >= 0.6 is 11.6 Å². The summed E-state index contributed by atoms with van der Waals surface area (Å²) in [6.45, 7) is 1.79. The topological polar surface area (TPSA) is 76.9 Å². The lowest BCUT2D eigenvalue weighted by Crippen LogP contribution is -2.26. The van der Waals surface area contributed by atoms with E-state index in [1.54, 1.807) is 30.1 Å². The van der Waals surface area contributed by atoms with Crippen molar-refractivity contribution in [2.45, 2.75) is 17.9 Å². The molecule has 6 nitrogen and oxygen atoms in total. The summed E-state index contributed by atoms with van der Waals surface area (Å²) in [5, 5.41) is 4.54. The van der Waals surface area contributed by atoms with Gasteiger partial charge in [0.2, 0.25) is 10.0 Å². The fourth-order valence-electron chi connectivity index (χ4n) is 2.24. The van der Waals surface area contributed by atoms with Gasteiger partial charge in [0.1, 0.15) is 12.7 Å². The summed E-state index contributed by atoms with van der Waals surface area (Å²) in [7, 11) is -3.61. The SMILES string of the molecule is C[C@@H](NS(=O)(=O)c1ccc(Cl)cc1)c1ccc(-n2cncn2)cc1. The summed E-state index contributed by atoms with van der Waals surface area (Å²) in [6.07, 6.45) is 3.05. The highest BCUT2D eigenvalue weighted by Crippen LogP contribution is 2.19. The minimum absolute atomic E-state index is 0.179. The molecule has 0 fully saturated rings. The van der Waals surface area contributed by atoms with E-state index >= 15 is 0 Å². The van der Waals surface area contributed by atoms with E-state index in [1.165, 1.54) is 18.5 Å². The van der Waals surface area contributed by atoms with Crippen LogP contribution in [0.25, 0.3) is 5.69 Å². The molecule has 1 N–H and O–H groups in total. The molecule has 0 saturated heterocycles. The Morgan fingerprint density at radius 3 is 2.33 bits per heavy atom. The van der Waals surface area contributed by atoms with Gasteiger partial charge in [-0.05, 0) is 48.9 Å². The maximum absolute atomic E-state index is 12.4. The average molecular weight is 363 g/mol. The lowest BCUT2D eigenvalue weighted by molar-refractivity contribution is 0.567. The molecule has 124 valence electrons. The van der Waals surface area contributed by atoms with E-state index in [0.717, 1.165) is 11.3 Å². The third-order valence-electron chi connectivity index (χ3n) is 3.53. The highest BCUT2D eigenvalue weighted by Gasteiger charge is 2.18. The summed E-state index contributed by atoms with van der Waals surface area (Å²) < 4.78 is 29.1. The summed E-state index contributed by atoms with van der Waals surface area (Å²) in [5.74, 6) is 0. The monoisotopic (exact) mass is 362 g/mol. The minimum atomic E-state index is -3.61. The lowest BCUT2D eigenvalue weighted by Gasteiger charge is -2.15. The van der Waals surface area contributed by atoms with Crippen LogP contribution in [0, 0.1) is 0 Å². The number of benzene rings is 2. The molecule has 0 bridgehead atoms. The van der Waals surface area contributed by atoms with Crippen molar-refractivity contribution in [2.75, 3.05) is 0 Å². The van der Waals surface area contributed by atoms with Gasteiger partial charge in [0.25, 0.3) is 0 Å². The van der Waals surface area contributed by atoms with Crippen molar-refractivity contribution in [2.24, 2.45) is 0 Å². The molecule has 1 heterocycles. The number of nitrogens with one attached hydrogen (secondary N) is 1. The van der Waals surface area contributed by atoms with E-state index in [9.17, 15) is 8.42 Å². The number of nitrogens with zero attached hydrogens (tertiary/aromatic N) is 3. The average Bonchev–Trinajstić information content (AvgIpc) is 3.09. The Labute approximate surface area is 145 Å². The molecule has 2 aromatic carbocycles. The molecule has 1 aromatic heterocycles. The Balaban J connectivity index is 1.76. The van der Waals surface area contributed by atoms with Crippen LogP contribution in [0.3, 0.4) is 0 Å². The fourth-order valence-corrected chi connectivity index (χ4v) is 3.60. The summed E-state index contributed by atoms with van der Waals surface area (Å²) >= 11 is 5.79. The van der Waals surface area contributed by atoms with Gasteiger partial charge >= 0.3 is 0 Å². The van der Waals surface area contributed by atoms with Crippen LogP contribution in [-0.4, -0.2) is 23.2 Å². The first-order valence-electron chi connectivity index (χ1n) is 7.18. The molecule has 0 spiro atoms. The Morgan fingerprint density at radius 2 is 1.75 bits per heavy atom. The first-order valence-corrected chi connectivity index (χ1v) is 9.05. The van der Waals surface area contributed by atoms with Crippen molar-refractivity contribution in [1.82, 2.24) is 19.5 Å². The van der Waals surface area contributed by atoms with Gasteiger partial charge in [-0.2, -0.15) is 5.10 Å². The largest absolute Gasteiger partial charge is 0.241 e. The highest BCUT2D eigenvalue weighted by molar-refractivity contribution is 7.89. The van der Waals surface area contributed by atoms with E-state index in [-0.39, 0.29) is 10.9 Å². The number of aromatic nitrogens is 3. The van der Waals surface area contributed by atoms with Gasteiger partial charge in [0.15, 0.2) is 0 Å². The lowest BCUT2D eigenvalue weighted by atomic mass is 10.1. The third kappa shape index (κ3) is 3.64. The normalized spacial score (nSPS) is 12.9. The van der Waals surface area contributed by atoms with Crippen LogP contribution in [0.5, 0.6) is 0 Å². The van der Waals surface area contributed by atoms with Crippen LogP contribution < -0.4 is 4.72 Å². The van der Waals surface area contributed by atoms with Crippen molar-refractivity contribution in [3.8, 4) is 5.69 Å². The van der Waals surface area contributed by atoms with Crippen LogP contribution in [0.15, 0.2) is 66.1 Å². The second kappa shape index (κ2) is 6.72. The smallest absolute Gasteiger partial charge is 0.223 e. The van der Waals surface area contributed by atoms with Crippen molar-refractivity contribution in [3.05, 3.63) is 71.8 Å². The maximum atomic E-state index is 12.4. The zero-order valence-electron chi connectivity index (χ0n) is 12.8. The van der Waals surface area contributed by atoms with Gasteiger partial charge in [0, 0.05) is 11.1 Å². The Hall–Kier alpha value is -2.22. The number of hydrogen-bond donors (Lipinski definition) is 1. The van der Waals surface area contributed by atoms with Crippen LogP contribution in [0.2, 0.25) is 5.02 Å². The molecule has 3 aromatic rings. The predicted octanol–water partition coefficient (Wildman–Crippen LogP) is 2.96. The van der Waals surface area contributed by atoms with Crippen molar-refractivity contribution in [3.63, 3.8) is 0 Å². The highest BCUT2D eigenvalue weighted by atomic mass is 35.5. The standard InChI is InChI=1S/C16H15ClN4O2S/c1-12(20-24(22,23)16-8-4-14(17)5-9-16)13-2-6-15(7-3-13)21-11-18-10-19-21/h2-12,20H,1H3/t12-/m1/s1. The van der Waals surface area contributed by atoms with Gasteiger partial charge in [-0.15, -0.1) is 0 Å². The van der Waals surface area contributed by atoms with Crippen LogP contribution in [0.1, 0.15) is 18.5 Å². The molecular formula is C16H15ClN4O2S. The molecule has 0 aliphatic carbocycles. The van der Waals surface area contributed by atoms with Crippen molar-refractivity contribution in [1.29, 1.82) is 0 Å². The molecule has 0 radical (unpaired) electrons. The van der Waals surface area contributed by atoms with Crippen LogP contribution in [0.4, 0.5) is 0 Å². The van der Waals surface area contributed by atoms with E-state index in [0.29, 0.717) is 5.02 Å². The van der Waals surface area contributed by atoms with Gasteiger partial charge in [-0.3, -0.25) is 0 Å². The number of rotatable bonds is 5. The van der Waals surface area contributed by atoms with E-state index in [4.69, 9.17) is 11.6 Å². The first-order chi connectivity index (χ1) is 11.5. The molecule has 0 unspecified atom stereocenters. The summed E-state index contributed by atoms with van der Waals surface area (Å²) in [4.78, 5) is 4.07. The molecular weight excluding hydrogens is 348 g/mol. The molecule has 0 aliphatic rings. The fraction of sp³-hybridized carbons (Fsp3) is 0.125. The predicted molar refractivity (Wildman–Crippen MR) is 91.5 cm³/mol. The van der Waals surface area contributed by atoms with Gasteiger partial charge in [0.05, 0.1) is 10.6 Å². The molecule has 8 heteroatoms. The van der Waals surface area contributed by atoms with Crippen molar-refractivity contribution >= 4 is 21.6 Å². The Morgan fingerprint density at radius 1 is 1.08 bits per heavy atom.